The van der Waals surface area contributed by atoms with Crippen molar-refractivity contribution in [1.82, 2.24) is 15.2 Å². The molecule has 0 unspecified atom stereocenters. The quantitative estimate of drug-likeness (QED) is 0.845. The number of piperazine rings is 1. The van der Waals surface area contributed by atoms with Gasteiger partial charge in [-0.15, -0.1) is 0 Å². The zero-order valence-electron chi connectivity index (χ0n) is 15.1. The molecule has 1 aromatic carbocycles. The highest BCUT2D eigenvalue weighted by Crippen LogP contribution is 2.14. The number of nitrogens with one attached hydrogen (secondary N) is 2. The second-order valence-electron chi connectivity index (χ2n) is 6.33. The van der Waals surface area contributed by atoms with E-state index in [-0.39, 0.29) is 11.9 Å². The fourth-order valence-electron chi connectivity index (χ4n) is 2.81. The van der Waals surface area contributed by atoms with Gasteiger partial charge in [0.15, 0.2) is 0 Å². The van der Waals surface area contributed by atoms with Crippen LogP contribution in [0.1, 0.15) is 6.92 Å². The Balaban J connectivity index is 1.47. The molecule has 1 saturated heterocycles. The highest BCUT2D eigenvalue weighted by Gasteiger charge is 2.24. The topological polar surface area (TPSA) is 77.6 Å². The Morgan fingerprint density at radius 2 is 1.78 bits per heavy atom. The standard InChI is InChI=1S/C19H22ClN5O2/c1-14(18(26)23-16-7-5-15(20)6-8-16)22-19(27)25-12-10-24(11-13-25)17-4-2-3-9-21-17/h2-9,14H,10-13H2,1H3,(H,22,27)(H,23,26)/t14-/m1/s1. The molecule has 2 aromatic rings. The lowest BCUT2D eigenvalue weighted by Crippen LogP contribution is -2.54. The molecule has 8 heteroatoms. The summed E-state index contributed by atoms with van der Waals surface area (Å²) in [5, 5.41) is 6.11. The van der Waals surface area contributed by atoms with Crippen LogP contribution in [0.2, 0.25) is 5.02 Å². The van der Waals surface area contributed by atoms with Gasteiger partial charge in [-0.25, -0.2) is 9.78 Å². The summed E-state index contributed by atoms with van der Waals surface area (Å²) in [7, 11) is 0. The first kappa shape index (κ1) is 19.0. The monoisotopic (exact) mass is 387 g/mol. The first-order valence-electron chi connectivity index (χ1n) is 8.81. The third kappa shape index (κ3) is 5.10. The van der Waals surface area contributed by atoms with Gasteiger partial charge >= 0.3 is 6.03 Å². The van der Waals surface area contributed by atoms with E-state index in [1.165, 1.54) is 0 Å². The summed E-state index contributed by atoms with van der Waals surface area (Å²) in [4.78, 5) is 32.9. The number of carbonyl (C=O) groups excluding carboxylic acids is 2. The van der Waals surface area contributed by atoms with Gasteiger partial charge in [0.2, 0.25) is 5.91 Å². The molecular weight excluding hydrogens is 366 g/mol. The molecule has 2 heterocycles. The average molecular weight is 388 g/mol. The van der Waals surface area contributed by atoms with Crippen molar-refractivity contribution in [2.75, 3.05) is 36.4 Å². The highest BCUT2D eigenvalue weighted by molar-refractivity contribution is 6.30. The molecule has 3 rings (SSSR count). The van der Waals surface area contributed by atoms with Crippen LogP contribution in [-0.2, 0) is 4.79 Å². The summed E-state index contributed by atoms with van der Waals surface area (Å²) in [6, 6.07) is 11.7. The van der Waals surface area contributed by atoms with Crippen molar-refractivity contribution in [3.05, 3.63) is 53.7 Å². The Morgan fingerprint density at radius 1 is 1.07 bits per heavy atom. The molecule has 0 bridgehead atoms. The van der Waals surface area contributed by atoms with Crippen molar-refractivity contribution < 1.29 is 9.59 Å². The maximum Gasteiger partial charge on any atom is 0.318 e. The minimum Gasteiger partial charge on any atom is -0.353 e. The molecule has 0 saturated carbocycles. The van der Waals surface area contributed by atoms with Gasteiger partial charge < -0.3 is 20.4 Å². The SMILES string of the molecule is C[C@@H](NC(=O)N1CCN(c2ccccn2)CC1)C(=O)Nc1ccc(Cl)cc1. The van der Waals surface area contributed by atoms with Gasteiger partial charge in [0.1, 0.15) is 11.9 Å². The molecule has 27 heavy (non-hydrogen) atoms. The van der Waals surface area contributed by atoms with Gasteiger partial charge in [-0.1, -0.05) is 17.7 Å². The summed E-state index contributed by atoms with van der Waals surface area (Å²) >= 11 is 5.83. The van der Waals surface area contributed by atoms with Crippen LogP contribution in [0.3, 0.4) is 0 Å². The third-order valence-electron chi connectivity index (χ3n) is 4.39. The third-order valence-corrected chi connectivity index (χ3v) is 4.64. The Bertz CT molecular complexity index is 776. The number of halogens is 1. The van der Waals surface area contributed by atoms with E-state index in [4.69, 9.17) is 11.6 Å². The molecule has 142 valence electrons. The largest absolute Gasteiger partial charge is 0.353 e. The van der Waals surface area contributed by atoms with Crippen LogP contribution in [0.4, 0.5) is 16.3 Å². The van der Waals surface area contributed by atoms with Gasteiger partial charge in [0.25, 0.3) is 0 Å². The van der Waals surface area contributed by atoms with E-state index in [0.717, 1.165) is 5.82 Å². The van der Waals surface area contributed by atoms with Gasteiger partial charge in [-0.3, -0.25) is 4.79 Å². The Morgan fingerprint density at radius 3 is 2.41 bits per heavy atom. The van der Waals surface area contributed by atoms with Gasteiger partial charge in [-0.2, -0.15) is 0 Å². The van der Waals surface area contributed by atoms with Crippen LogP contribution >= 0.6 is 11.6 Å². The van der Waals surface area contributed by atoms with E-state index in [2.05, 4.69) is 20.5 Å². The predicted octanol–water partition coefficient (Wildman–Crippen LogP) is 2.59. The van der Waals surface area contributed by atoms with E-state index < -0.39 is 6.04 Å². The van der Waals surface area contributed by atoms with Crippen LogP contribution < -0.4 is 15.5 Å². The number of rotatable bonds is 4. The average Bonchev–Trinajstić information content (AvgIpc) is 2.70. The van der Waals surface area contributed by atoms with Crippen molar-refractivity contribution in [3.8, 4) is 0 Å². The highest BCUT2D eigenvalue weighted by atomic mass is 35.5. The van der Waals surface area contributed by atoms with E-state index in [1.54, 1.807) is 42.3 Å². The number of urea groups is 1. The lowest BCUT2D eigenvalue weighted by atomic mass is 10.2. The lowest BCUT2D eigenvalue weighted by Gasteiger charge is -2.35. The number of hydrogen-bond acceptors (Lipinski definition) is 4. The molecule has 3 amide bonds. The van der Waals surface area contributed by atoms with Crippen molar-refractivity contribution >= 4 is 35.0 Å². The number of pyridine rings is 1. The van der Waals surface area contributed by atoms with Crippen LogP contribution in [0.5, 0.6) is 0 Å². The molecular formula is C19H22ClN5O2. The van der Waals surface area contributed by atoms with Crippen molar-refractivity contribution in [1.29, 1.82) is 0 Å². The molecule has 2 N–H and O–H groups in total. The molecule has 0 spiro atoms. The van der Waals surface area contributed by atoms with Gasteiger partial charge in [0, 0.05) is 43.1 Å². The first-order valence-corrected chi connectivity index (χ1v) is 9.18. The number of anilines is 2. The Labute approximate surface area is 163 Å². The van der Waals surface area contributed by atoms with E-state index >= 15 is 0 Å². The molecule has 1 aromatic heterocycles. The molecule has 7 nitrogen and oxygen atoms in total. The zero-order chi connectivity index (χ0) is 19.2. The summed E-state index contributed by atoms with van der Waals surface area (Å²) < 4.78 is 0. The number of carbonyl (C=O) groups is 2. The Kier molecular flexibility index (Phi) is 6.13. The molecule has 0 aliphatic carbocycles. The molecule has 0 radical (unpaired) electrons. The smallest absolute Gasteiger partial charge is 0.318 e. The molecule has 1 fully saturated rings. The van der Waals surface area contributed by atoms with E-state index in [1.807, 2.05) is 18.2 Å². The maximum atomic E-state index is 12.4. The van der Waals surface area contributed by atoms with E-state index in [9.17, 15) is 9.59 Å². The normalized spacial score (nSPS) is 15.2. The predicted molar refractivity (Wildman–Crippen MR) is 106 cm³/mol. The van der Waals surface area contributed by atoms with Crippen LogP contribution in [-0.4, -0.2) is 54.0 Å². The minimum atomic E-state index is -0.651. The summed E-state index contributed by atoms with van der Waals surface area (Å²) in [6.07, 6.45) is 1.76. The number of benzene rings is 1. The van der Waals surface area contributed by atoms with E-state index in [0.29, 0.717) is 36.9 Å². The Hall–Kier alpha value is -2.80. The maximum absolute atomic E-state index is 12.4. The molecule has 1 atom stereocenters. The number of hydrogen-bond donors (Lipinski definition) is 2. The fraction of sp³-hybridized carbons (Fsp3) is 0.316. The number of amides is 3. The lowest BCUT2D eigenvalue weighted by molar-refractivity contribution is -0.117. The zero-order valence-corrected chi connectivity index (χ0v) is 15.8. The van der Waals surface area contributed by atoms with Crippen LogP contribution in [0.25, 0.3) is 0 Å². The van der Waals surface area contributed by atoms with Crippen LogP contribution in [0.15, 0.2) is 48.7 Å². The van der Waals surface area contributed by atoms with Gasteiger partial charge in [-0.05, 0) is 43.3 Å². The minimum absolute atomic E-state index is 0.241. The number of nitrogens with zero attached hydrogens (tertiary/aromatic N) is 3. The second kappa shape index (κ2) is 8.73. The van der Waals surface area contributed by atoms with Crippen LogP contribution in [0, 0.1) is 0 Å². The summed E-state index contributed by atoms with van der Waals surface area (Å²) in [5.74, 6) is 0.631. The van der Waals surface area contributed by atoms with Crippen molar-refractivity contribution in [2.45, 2.75) is 13.0 Å². The number of aromatic nitrogens is 1. The molecule has 1 aliphatic heterocycles. The second-order valence-corrected chi connectivity index (χ2v) is 6.77. The van der Waals surface area contributed by atoms with Crippen molar-refractivity contribution in [3.63, 3.8) is 0 Å². The first-order chi connectivity index (χ1) is 13.0. The summed E-state index contributed by atoms with van der Waals surface area (Å²) in [5.41, 5.74) is 0.634. The van der Waals surface area contributed by atoms with Crippen molar-refractivity contribution in [2.24, 2.45) is 0 Å². The summed E-state index contributed by atoms with van der Waals surface area (Å²) in [6.45, 7) is 4.22. The fourth-order valence-corrected chi connectivity index (χ4v) is 2.93. The van der Waals surface area contributed by atoms with Gasteiger partial charge in [0.05, 0.1) is 0 Å². The molecule has 1 aliphatic rings.